The van der Waals surface area contributed by atoms with E-state index in [1.54, 1.807) is 7.05 Å². The summed E-state index contributed by atoms with van der Waals surface area (Å²) >= 11 is 0. The number of benzene rings is 2. The van der Waals surface area contributed by atoms with Gasteiger partial charge in [-0.3, -0.25) is 14.9 Å². The Balaban J connectivity index is 1.63. The second kappa shape index (κ2) is 9.20. The molecule has 0 fully saturated rings. The Labute approximate surface area is 168 Å². The molecule has 1 heterocycles. The molecular weight excluding hydrogens is 376 g/mol. The van der Waals surface area contributed by atoms with Crippen molar-refractivity contribution in [3.8, 4) is 11.5 Å². The lowest BCUT2D eigenvalue weighted by Crippen LogP contribution is -2.29. The summed E-state index contributed by atoms with van der Waals surface area (Å²) in [7, 11) is 1.67. The summed E-state index contributed by atoms with van der Waals surface area (Å²) in [5.74, 6) is 1.01. The lowest BCUT2D eigenvalue weighted by Gasteiger charge is -2.19. The summed E-state index contributed by atoms with van der Waals surface area (Å²) in [5.41, 5.74) is 2.07. The standard InChI is InChI=1S/C21H22N2O6/c1-15-4-3-5-19(10-15)28-9-8-22(2)20(24)7-6-16-11-18(23(25)26)12-17-13-27-14-29-21(16)17/h3-7,10-12H,8-9,13-14H2,1-2H3/b7-6+. The maximum Gasteiger partial charge on any atom is 0.270 e. The molecular formula is C21H22N2O6. The zero-order valence-electron chi connectivity index (χ0n) is 16.3. The van der Waals surface area contributed by atoms with Crippen molar-refractivity contribution in [2.45, 2.75) is 13.5 Å². The fraction of sp³-hybridized carbons (Fsp3) is 0.286. The Hall–Kier alpha value is -3.39. The maximum absolute atomic E-state index is 12.4. The average Bonchev–Trinajstić information content (AvgIpc) is 2.71. The molecule has 152 valence electrons. The number of aryl methyl sites for hydroxylation is 1. The first-order valence-corrected chi connectivity index (χ1v) is 9.08. The smallest absolute Gasteiger partial charge is 0.270 e. The highest BCUT2D eigenvalue weighted by atomic mass is 16.7. The average molecular weight is 398 g/mol. The van der Waals surface area contributed by atoms with Crippen molar-refractivity contribution in [2.24, 2.45) is 0 Å². The quantitative estimate of drug-likeness (QED) is 0.404. The normalized spacial score (nSPS) is 12.9. The minimum atomic E-state index is -0.483. The number of amides is 1. The van der Waals surface area contributed by atoms with Gasteiger partial charge in [-0.25, -0.2) is 0 Å². The number of nitrogens with zero attached hydrogens (tertiary/aromatic N) is 2. The van der Waals surface area contributed by atoms with Gasteiger partial charge in [-0.2, -0.15) is 0 Å². The Bertz CT molecular complexity index is 941. The second-order valence-electron chi connectivity index (χ2n) is 6.65. The van der Waals surface area contributed by atoms with Gasteiger partial charge in [0.2, 0.25) is 5.91 Å². The van der Waals surface area contributed by atoms with Crippen LogP contribution in [-0.4, -0.2) is 42.7 Å². The number of carbonyl (C=O) groups excluding carboxylic acids is 1. The minimum absolute atomic E-state index is 0.0653. The first-order chi connectivity index (χ1) is 13.9. The molecule has 0 saturated carbocycles. The van der Waals surface area contributed by atoms with Crippen molar-refractivity contribution in [3.05, 3.63) is 69.3 Å². The molecule has 0 aliphatic carbocycles. The van der Waals surface area contributed by atoms with Gasteiger partial charge in [0.1, 0.15) is 18.1 Å². The van der Waals surface area contributed by atoms with Crippen molar-refractivity contribution in [2.75, 3.05) is 27.0 Å². The molecule has 0 N–H and O–H groups in total. The minimum Gasteiger partial charge on any atom is -0.492 e. The Morgan fingerprint density at radius 3 is 2.93 bits per heavy atom. The molecule has 2 aromatic rings. The Kier molecular flexibility index (Phi) is 6.46. The van der Waals surface area contributed by atoms with Crippen LogP contribution in [0.1, 0.15) is 16.7 Å². The molecule has 0 atom stereocenters. The predicted molar refractivity (Wildman–Crippen MR) is 107 cm³/mol. The van der Waals surface area contributed by atoms with Gasteiger partial charge < -0.3 is 19.1 Å². The maximum atomic E-state index is 12.4. The zero-order valence-corrected chi connectivity index (χ0v) is 16.3. The van der Waals surface area contributed by atoms with Crippen LogP contribution in [0, 0.1) is 17.0 Å². The third kappa shape index (κ3) is 5.32. The van der Waals surface area contributed by atoms with Crippen molar-refractivity contribution in [1.82, 2.24) is 4.90 Å². The van der Waals surface area contributed by atoms with Crippen LogP contribution in [0.4, 0.5) is 5.69 Å². The zero-order chi connectivity index (χ0) is 20.8. The summed E-state index contributed by atoms with van der Waals surface area (Å²) in [6.45, 7) is 3.02. The molecule has 2 aromatic carbocycles. The van der Waals surface area contributed by atoms with Gasteiger partial charge in [0, 0.05) is 36.4 Å². The van der Waals surface area contributed by atoms with E-state index >= 15 is 0 Å². The molecule has 0 saturated heterocycles. The summed E-state index contributed by atoms with van der Waals surface area (Å²) in [6, 6.07) is 10.5. The van der Waals surface area contributed by atoms with E-state index in [0.717, 1.165) is 11.3 Å². The van der Waals surface area contributed by atoms with Crippen LogP contribution in [0.15, 0.2) is 42.5 Å². The van der Waals surface area contributed by atoms with E-state index in [1.807, 2.05) is 31.2 Å². The summed E-state index contributed by atoms with van der Waals surface area (Å²) in [4.78, 5) is 24.6. The molecule has 1 aliphatic heterocycles. The van der Waals surface area contributed by atoms with Crippen molar-refractivity contribution < 1.29 is 23.9 Å². The molecule has 1 aliphatic rings. The number of hydrogen-bond donors (Lipinski definition) is 0. The number of non-ortho nitro benzene ring substituents is 1. The fourth-order valence-corrected chi connectivity index (χ4v) is 2.86. The first-order valence-electron chi connectivity index (χ1n) is 9.08. The highest BCUT2D eigenvalue weighted by molar-refractivity contribution is 5.92. The van der Waals surface area contributed by atoms with Crippen LogP contribution < -0.4 is 9.47 Å². The third-order valence-corrected chi connectivity index (χ3v) is 4.40. The van der Waals surface area contributed by atoms with Crippen molar-refractivity contribution in [3.63, 3.8) is 0 Å². The first kappa shape index (κ1) is 20.3. The van der Waals surface area contributed by atoms with Crippen LogP contribution >= 0.6 is 0 Å². The summed E-state index contributed by atoms with van der Waals surface area (Å²) < 4.78 is 16.3. The second-order valence-corrected chi connectivity index (χ2v) is 6.65. The topological polar surface area (TPSA) is 91.1 Å². The van der Waals surface area contributed by atoms with E-state index in [2.05, 4.69) is 0 Å². The number of carbonyl (C=O) groups is 1. The monoisotopic (exact) mass is 398 g/mol. The molecule has 1 amide bonds. The highest BCUT2D eigenvalue weighted by Gasteiger charge is 2.20. The van der Waals surface area contributed by atoms with Gasteiger partial charge in [0.15, 0.2) is 6.79 Å². The van der Waals surface area contributed by atoms with E-state index in [0.29, 0.717) is 30.0 Å². The van der Waals surface area contributed by atoms with Gasteiger partial charge in [0.05, 0.1) is 18.1 Å². The number of nitro benzene ring substituents is 1. The lowest BCUT2D eigenvalue weighted by atomic mass is 10.1. The van der Waals surface area contributed by atoms with Crippen LogP contribution in [0.2, 0.25) is 0 Å². The summed E-state index contributed by atoms with van der Waals surface area (Å²) in [6.07, 6.45) is 2.89. The van der Waals surface area contributed by atoms with Gasteiger partial charge in [0.25, 0.3) is 5.69 Å². The highest BCUT2D eigenvalue weighted by Crippen LogP contribution is 2.33. The van der Waals surface area contributed by atoms with Crippen molar-refractivity contribution >= 4 is 17.7 Å². The summed E-state index contributed by atoms with van der Waals surface area (Å²) in [5, 5.41) is 11.2. The van der Waals surface area contributed by atoms with E-state index in [9.17, 15) is 14.9 Å². The third-order valence-electron chi connectivity index (χ3n) is 4.40. The lowest BCUT2D eigenvalue weighted by molar-refractivity contribution is -0.385. The van der Waals surface area contributed by atoms with Crippen LogP contribution in [-0.2, 0) is 16.1 Å². The Morgan fingerprint density at radius 1 is 1.34 bits per heavy atom. The number of rotatable bonds is 7. The van der Waals surface area contributed by atoms with Crippen LogP contribution in [0.3, 0.4) is 0 Å². The van der Waals surface area contributed by atoms with Crippen LogP contribution in [0.25, 0.3) is 6.08 Å². The van der Waals surface area contributed by atoms with E-state index < -0.39 is 4.92 Å². The van der Waals surface area contributed by atoms with E-state index in [-0.39, 0.29) is 25.0 Å². The number of fused-ring (bicyclic) bond motifs is 1. The van der Waals surface area contributed by atoms with Crippen molar-refractivity contribution in [1.29, 1.82) is 0 Å². The molecule has 0 unspecified atom stereocenters. The predicted octanol–water partition coefficient (Wildman–Crippen LogP) is 3.32. The number of likely N-dealkylation sites (N-methyl/N-ethyl adjacent to an activating group) is 1. The fourth-order valence-electron chi connectivity index (χ4n) is 2.86. The number of hydrogen-bond acceptors (Lipinski definition) is 6. The van der Waals surface area contributed by atoms with Gasteiger partial charge in [-0.15, -0.1) is 0 Å². The molecule has 0 radical (unpaired) electrons. The molecule has 8 nitrogen and oxygen atoms in total. The molecule has 8 heteroatoms. The van der Waals surface area contributed by atoms with E-state index in [1.165, 1.54) is 29.2 Å². The SMILES string of the molecule is Cc1cccc(OCCN(C)C(=O)/C=C/c2cc([N+](=O)[O-])cc3c2OCOC3)c1. The van der Waals surface area contributed by atoms with Gasteiger partial charge >= 0.3 is 0 Å². The molecule has 0 spiro atoms. The Morgan fingerprint density at radius 2 is 2.17 bits per heavy atom. The number of nitro groups is 1. The molecule has 29 heavy (non-hydrogen) atoms. The molecule has 0 bridgehead atoms. The molecule has 3 rings (SSSR count). The van der Waals surface area contributed by atoms with E-state index in [4.69, 9.17) is 14.2 Å². The number of ether oxygens (including phenoxy) is 3. The molecule has 0 aromatic heterocycles. The largest absolute Gasteiger partial charge is 0.492 e. The van der Waals surface area contributed by atoms with Gasteiger partial charge in [-0.05, 0) is 30.7 Å². The van der Waals surface area contributed by atoms with Gasteiger partial charge in [-0.1, -0.05) is 12.1 Å². The van der Waals surface area contributed by atoms with Crippen LogP contribution in [0.5, 0.6) is 11.5 Å².